The zero-order valence-corrected chi connectivity index (χ0v) is 11.4. The Morgan fingerprint density at radius 3 is 2.70 bits per heavy atom. The van der Waals surface area contributed by atoms with Crippen LogP contribution in [0.2, 0.25) is 0 Å². The Balaban J connectivity index is 2.19. The van der Waals surface area contributed by atoms with Crippen LogP contribution in [0.4, 0.5) is 0 Å². The van der Waals surface area contributed by atoms with E-state index in [0.717, 1.165) is 11.1 Å². The minimum atomic E-state index is 0.194. The molecular formula is C16H16O4. The van der Waals surface area contributed by atoms with Gasteiger partial charge in [0.1, 0.15) is 17.2 Å². The van der Waals surface area contributed by atoms with Crippen molar-refractivity contribution in [3.05, 3.63) is 41.0 Å². The molecule has 0 aromatic heterocycles. The van der Waals surface area contributed by atoms with Gasteiger partial charge < -0.3 is 19.7 Å². The van der Waals surface area contributed by atoms with Crippen molar-refractivity contribution in [3.8, 4) is 28.7 Å². The summed E-state index contributed by atoms with van der Waals surface area (Å²) >= 11 is 0. The van der Waals surface area contributed by atoms with Gasteiger partial charge in [-0.2, -0.15) is 0 Å². The van der Waals surface area contributed by atoms with Crippen LogP contribution in [0.1, 0.15) is 16.7 Å². The van der Waals surface area contributed by atoms with Crippen LogP contribution < -0.4 is 9.47 Å². The van der Waals surface area contributed by atoms with E-state index in [1.807, 2.05) is 6.07 Å². The predicted molar refractivity (Wildman–Crippen MR) is 75.0 cm³/mol. The fraction of sp³-hybridized carbons (Fsp3) is 0.250. The van der Waals surface area contributed by atoms with Gasteiger partial charge in [0, 0.05) is 16.7 Å². The topological polar surface area (TPSA) is 58.9 Å². The monoisotopic (exact) mass is 272 g/mol. The summed E-state index contributed by atoms with van der Waals surface area (Å²) in [6.07, 6.45) is 1.32. The fourth-order valence-corrected chi connectivity index (χ4v) is 2.59. The van der Waals surface area contributed by atoms with Crippen LogP contribution in [0, 0.1) is 6.92 Å². The van der Waals surface area contributed by atoms with Crippen LogP contribution >= 0.6 is 0 Å². The summed E-state index contributed by atoms with van der Waals surface area (Å²) in [6.45, 7) is 1.78. The average Bonchev–Trinajstić information content (AvgIpc) is 2.61. The van der Waals surface area contributed by atoms with Crippen molar-refractivity contribution in [2.45, 2.75) is 19.8 Å². The number of aryl methyl sites for hydroxylation is 1. The van der Waals surface area contributed by atoms with E-state index in [9.17, 15) is 10.2 Å². The minimum absolute atomic E-state index is 0.194. The normalized spacial score (nSPS) is 12.9. The maximum absolute atomic E-state index is 9.97. The maximum Gasteiger partial charge on any atom is 0.173 e. The lowest BCUT2D eigenvalue weighted by atomic mass is 10.0. The summed E-state index contributed by atoms with van der Waals surface area (Å²) in [5, 5.41) is 19.9. The van der Waals surface area contributed by atoms with Crippen LogP contribution in [0.25, 0.3) is 0 Å². The second kappa shape index (κ2) is 4.63. The molecule has 0 saturated carbocycles. The number of phenols is 2. The Hall–Kier alpha value is -2.36. The first kappa shape index (κ1) is 12.7. The number of hydrogen-bond donors (Lipinski definition) is 2. The number of rotatable bonds is 1. The summed E-state index contributed by atoms with van der Waals surface area (Å²) in [7, 11) is 1.56. The summed E-state index contributed by atoms with van der Waals surface area (Å²) in [4.78, 5) is 0. The van der Waals surface area contributed by atoms with Gasteiger partial charge in [0.05, 0.1) is 7.11 Å². The number of aromatic hydroxyl groups is 2. The molecular weight excluding hydrogens is 256 g/mol. The molecule has 104 valence electrons. The Labute approximate surface area is 117 Å². The van der Waals surface area contributed by atoms with Crippen molar-refractivity contribution in [2.24, 2.45) is 0 Å². The lowest BCUT2D eigenvalue weighted by Gasteiger charge is -2.16. The molecule has 3 rings (SSSR count). The van der Waals surface area contributed by atoms with E-state index in [2.05, 4.69) is 0 Å². The van der Waals surface area contributed by atoms with Gasteiger partial charge in [-0.25, -0.2) is 0 Å². The first-order valence-electron chi connectivity index (χ1n) is 6.50. The van der Waals surface area contributed by atoms with E-state index < -0.39 is 0 Å². The molecule has 2 aromatic rings. The zero-order chi connectivity index (χ0) is 14.3. The van der Waals surface area contributed by atoms with Gasteiger partial charge in [0.15, 0.2) is 11.5 Å². The first-order valence-corrected chi connectivity index (χ1v) is 6.50. The molecule has 1 aliphatic heterocycles. The Kier molecular flexibility index (Phi) is 2.93. The van der Waals surface area contributed by atoms with E-state index in [-0.39, 0.29) is 11.5 Å². The zero-order valence-electron chi connectivity index (χ0n) is 11.4. The molecule has 4 heteroatoms. The highest BCUT2D eigenvalue weighted by Crippen LogP contribution is 2.46. The lowest BCUT2D eigenvalue weighted by Crippen LogP contribution is -1.96. The molecule has 0 unspecified atom stereocenters. The summed E-state index contributed by atoms with van der Waals surface area (Å²) in [5.74, 6) is 2.21. The van der Waals surface area contributed by atoms with Crippen LogP contribution in [-0.4, -0.2) is 17.3 Å². The van der Waals surface area contributed by atoms with Gasteiger partial charge in [0.25, 0.3) is 0 Å². The second-order valence-electron chi connectivity index (χ2n) is 4.90. The Morgan fingerprint density at radius 2 is 1.95 bits per heavy atom. The molecule has 4 nitrogen and oxygen atoms in total. The molecule has 0 radical (unpaired) electrons. The number of hydrogen-bond acceptors (Lipinski definition) is 4. The molecule has 0 aliphatic carbocycles. The molecule has 2 aromatic carbocycles. The van der Waals surface area contributed by atoms with Crippen molar-refractivity contribution in [1.29, 1.82) is 0 Å². The number of benzene rings is 2. The fourth-order valence-electron chi connectivity index (χ4n) is 2.59. The minimum Gasteiger partial charge on any atom is -0.508 e. The smallest absolute Gasteiger partial charge is 0.173 e. The third-order valence-corrected chi connectivity index (χ3v) is 3.70. The maximum atomic E-state index is 9.97. The standard InChI is InChI=1S/C16H16O4/c1-9-13(18)8-10-6-7-11-12(17)4-3-5-14(11)20-16(10)15(9)19-2/h3-5,8,17-18H,6-7H2,1-2H3. The van der Waals surface area contributed by atoms with Gasteiger partial charge in [-0.15, -0.1) is 0 Å². The van der Waals surface area contributed by atoms with Crippen molar-refractivity contribution in [2.75, 3.05) is 7.11 Å². The van der Waals surface area contributed by atoms with Gasteiger partial charge in [-0.3, -0.25) is 0 Å². The van der Waals surface area contributed by atoms with Crippen LogP contribution in [-0.2, 0) is 12.8 Å². The van der Waals surface area contributed by atoms with Crippen LogP contribution in [0.5, 0.6) is 28.7 Å². The summed E-state index contributed by atoms with van der Waals surface area (Å²) < 4.78 is 11.3. The van der Waals surface area contributed by atoms with E-state index >= 15 is 0 Å². The number of phenolic OH excluding ortho intramolecular Hbond substituents is 2. The molecule has 0 saturated heterocycles. The molecule has 0 fully saturated rings. The molecule has 0 bridgehead atoms. The number of fused-ring (bicyclic) bond motifs is 2. The number of methoxy groups -OCH3 is 1. The van der Waals surface area contributed by atoms with Gasteiger partial charge >= 0.3 is 0 Å². The SMILES string of the molecule is COc1c(C)c(O)cc2c1Oc1cccc(O)c1CC2. The van der Waals surface area contributed by atoms with E-state index in [0.29, 0.717) is 35.7 Å². The highest BCUT2D eigenvalue weighted by Gasteiger charge is 2.23. The second-order valence-corrected chi connectivity index (χ2v) is 4.90. The molecule has 1 aliphatic rings. The van der Waals surface area contributed by atoms with E-state index in [4.69, 9.17) is 9.47 Å². The van der Waals surface area contributed by atoms with Crippen molar-refractivity contribution < 1.29 is 19.7 Å². The van der Waals surface area contributed by atoms with E-state index in [1.165, 1.54) is 0 Å². The molecule has 20 heavy (non-hydrogen) atoms. The Morgan fingerprint density at radius 1 is 1.15 bits per heavy atom. The van der Waals surface area contributed by atoms with Gasteiger partial charge in [0.2, 0.25) is 0 Å². The van der Waals surface area contributed by atoms with Crippen molar-refractivity contribution in [3.63, 3.8) is 0 Å². The quantitative estimate of drug-likeness (QED) is 0.836. The third-order valence-electron chi connectivity index (χ3n) is 3.70. The molecule has 0 spiro atoms. The lowest BCUT2D eigenvalue weighted by molar-refractivity contribution is 0.367. The molecule has 0 atom stereocenters. The first-order chi connectivity index (χ1) is 9.61. The van der Waals surface area contributed by atoms with Crippen LogP contribution in [0.3, 0.4) is 0 Å². The predicted octanol–water partition coefficient (Wildman–Crippen LogP) is 3.31. The van der Waals surface area contributed by atoms with Crippen LogP contribution in [0.15, 0.2) is 24.3 Å². The van der Waals surface area contributed by atoms with Crippen molar-refractivity contribution in [1.82, 2.24) is 0 Å². The average molecular weight is 272 g/mol. The molecule has 1 heterocycles. The summed E-state index contributed by atoms with van der Waals surface area (Å²) in [5.41, 5.74) is 2.30. The highest BCUT2D eigenvalue weighted by atomic mass is 16.5. The highest BCUT2D eigenvalue weighted by molar-refractivity contribution is 5.61. The van der Waals surface area contributed by atoms with Crippen molar-refractivity contribution >= 4 is 0 Å². The largest absolute Gasteiger partial charge is 0.508 e. The van der Waals surface area contributed by atoms with Gasteiger partial charge in [-0.05, 0) is 38.0 Å². The molecule has 2 N–H and O–H groups in total. The van der Waals surface area contributed by atoms with E-state index in [1.54, 1.807) is 32.2 Å². The third kappa shape index (κ3) is 1.84. The molecule has 0 amide bonds. The summed E-state index contributed by atoms with van der Waals surface area (Å²) in [6, 6.07) is 6.93. The van der Waals surface area contributed by atoms with Gasteiger partial charge in [-0.1, -0.05) is 6.07 Å². The number of ether oxygens (including phenoxy) is 2. The Bertz CT molecular complexity index is 677.